The summed E-state index contributed by atoms with van der Waals surface area (Å²) in [4.78, 5) is 0.620. The minimum absolute atomic E-state index is 0.496. The van der Waals surface area contributed by atoms with Crippen LogP contribution in [0.2, 0.25) is 0 Å². The highest BCUT2D eigenvalue weighted by Crippen LogP contribution is 2.35. The Bertz CT molecular complexity index is 167. The standard InChI is InChI=1S/C11H19BrO/c1-8(9-4-2-5-9)13-11-7-3-6-10(11)12/h8-11H,2-7H2,1H3. The highest BCUT2D eigenvalue weighted by atomic mass is 79.9. The summed E-state index contributed by atoms with van der Waals surface area (Å²) in [7, 11) is 0. The topological polar surface area (TPSA) is 9.23 Å². The second kappa shape index (κ2) is 4.31. The van der Waals surface area contributed by atoms with Gasteiger partial charge in [-0.3, -0.25) is 0 Å². The van der Waals surface area contributed by atoms with Gasteiger partial charge in [0.25, 0.3) is 0 Å². The molecule has 0 aromatic heterocycles. The summed E-state index contributed by atoms with van der Waals surface area (Å²) in [6, 6.07) is 0. The van der Waals surface area contributed by atoms with Crippen molar-refractivity contribution >= 4 is 15.9 Å². The van der Waals surface area contributed by atoms with Crippen molar-refractivity contribution in [2.45, 2.75) is 62.5 Å². The van der Waals surface area contributed by atoms with Gasteiger partial charge in [-0.2, -0.15) is 0 Å². The molecule has 0 spiro atoms. The summed E-state index contributed by atoms with van der Waals surface area (Å²) in [6.07, 6.45) is 9.07. The highest BCUT2D eigenvalue weighted by Gasteiger charge is 2.31. The molecule has 76 valence electrons. The molecule has 2 heteroatoms. The van der Waals surface area contributed by atoms with Crippen LogP contribution in [0.1, 0.15) is 45.4 Å². The number of alkyl halides is 1. The summed E-state index contributed by atoms with van der Waals surface area (Å²) in [5.74, 6) is 0.861. The predicted molar refractivity (Wildman–Crippen MR) is 58.2 cm³/mol. The maximum atomic E-state index is 6.08. The van der Waals surface area contributed by atoms with E-state index in [1.54, 1.807) is 0 Å². The quantitative estimate of drug-likeness (QED) is 0.693. The van der Waals surface area contributed by atoms with E-state index in [0.29, 0.717) is 17.0 Å². The molecule has 3 unspecified atom stereocenters. The van der Waals surface area contributed by atoms with E-state index in [0.717, 1.165) is 5.92 Å². The third-order valence-corrected chi connectivity index (χ3v) is 4.62. The van der Waals surface area contributed by atoms with Gasteiger partial charge in [0, 0.05) is 4.83 Å². The first-order chi connectivity index (χ1) is 6.27. The summed E-state index contributed by atoms with van der Waals surface area (Å²) < 4.78 is 6.08. The molecule has 2 aliphatic carbocycles. The Kier molecular flexibility index (Phi) is 3.31. The van der Waals surface area contributed by atoms with E-state index in [4.69, 9.17) is 4.74 Å². The molecule has 2 aliphatic rings. The van der Waals surface area contributed by atoms with E-state index in [-0.39, 0.29) is 0 Å². The molecule has 0 saturated heterocycles. The molecule has 13 heavy (non-hydrogen) atoms. The molecule has 0 N–H and O–H groups in total. The zero-order chi connectivity index (χ0) is 9.26. The lowest BCUT2D eigenvalue weighted by atomic mass is 9.81. The van der Waals surface area contributed by atoms with Crippen LogP contribution >= 0.6 is 15.9 Å². The van der Waals surface area contributed by atoms with E-state index in [9.17, 15) is 0 Å². The van der Waals surface area contributed by atoms with Crippen LogP contribution in [0, 0.1) is 5.92 Å². The molecule has 0 aromatic rings. The van der Waals surface area contributed by atoms with E-state index in [1.807, 2.05) is 0 Å². The minimum Gasteiger partial charge on any atom is -0.374 e. The van der Waals surface area contributed by atoms with Gasteiger partial charge >= 0.3 is 0 Å². The van der Waals surface area contributed by atoms with Crippen molar-refractivity contribution in [1.82, 2.24) is 0 Å². The third-order valence-electron chi connectivity index (χ3n) is 3.58. The molecular formula is C11H19BrO. The fraction of sp³-hybridized carbons (Fsp3) is 1.00. The lowest BCUT2D eigenvalue weighted by Gasteiger charge is -2.33. The van der Waals surface area contributed by atoms with E-state index in [2.05, 4.69) is 22.9 Å². The Labute approximate surface area is 89.4 Å². The lowest BCUT2D eigenvalue weighted by molar-refractivity contribution is -0.0449. The van der Waals surface area contributed by atoms with E-state index in [1.165, 1.54) is 38.5 Å². The van der Waals surface area contributed by atoms with Crippen LogP contribution in [0.4, 0.5) is 0 Å². The van der Waals surface area contributed by atoms with Crippen LogP contribution in [-0.2, 0) is 4.74 Å². The zero-order valence-corrected chi connectivity index (χ0v) is 9.92. The van der Waals surface area contributed by atoms with Gasteiger partial charge in [0.2, 0.25) is 0 Å². The molecule has 1 nitrogen and oxygen atoms in total. The van der Waals surface area contributed by atoms with Gasteiger partial charge in [0.1, 0.15) is 0 Å². The van der Waals surface area contributed by atoms with Crippen LogP contribution < -0.4 is 0 Å². The number of hydrogen-bond donors (Lipinski definition) is 0. The number of rotatable bonds is 3. The summed E-state index contributed by atoms with van der Waals surface area (Å²) in [5.41, 5.74) is 0. The van der Waals surface area contributed by atoms with Crippen molar-refractivity contribution in [1.29, 1.82) is 0 Å². The highest BCUT2D eigenvalue weighted by molar-refractivity contribution is 9.09. The van der Waals surface area contributed by atoms with Crippen molar-refractivity contribution in [2.75, 3.05) is 0 Å². The molecule has 0 bridgehead atoms. The van der Waals surface area contributed by atoms with Gasteiger partial charge in [0.15, 0.2) is 0 Å². The minimum atomic E-state index is 0.496. The predicted octanol–water partition coefficient (Wildman–Crippen LogP) is 3.51. The second-order valence-electron chi connectivity index (χ2n) is 4.52. The molecular weight excluding hydrogens is 228 g/mol. The SMILES string of the molecule is CC(OC1CCCC1Br)C1CCC1. The summed E-state index contributed by atoms with van der Waals surface area (Å²) >= 11 is 3.70. The molecule has 0 aromatic carbocycles. The largest absolute Gasteiger partial charge is 0.374 e. The monoisotopic (exact) mass is 246 g/mol. The van der Waals surface area contributed by atoms with Gasteiger partial charge in [0.05, 0.1) is 12.2 Å². The average Bonchev–Trinajstić information content (AvgIpc) is 2.32. The molecule has 2 rings (SSSR count). The molecule has 0 amide bonds. The van der Waals surface area contributed by atoms with Crippen molar-refractivity contribution in [2.24, 2.45) is 5.92 Å². The number of hydrogen-bond acceptors (Lipinski definition) is 1. The van der Waals surface area contributed by atoms with Crippen molar-refractivity contribution in [3.05, 3.63) is 0 Å². The van der Waals surface area contributed by atoms with Gasteiger partial charge in [-0.05, 0) is 44.9 Å². The maximum Gasteiger partial charge on any atom is 0.0703 e. The molecule has 0 radical (unpaired) electrons. The summed E-state index contributed by atoms with van der Waals surface area (Å²) in [5, 5.41) is 0. The van der Waals surface area contributed by atoms with Gasteiger partial charge in [-0.1, -0.05) is 22.4 Å². The number of ether oxygens (including phenoxy) is 1. The van der Waals surface area contributed by atoms with Crippen molar-refractivity contribution in [3.8, 4) is 0 Å². The smallest absolute Gasteiger partial charge is 0.0703 e. The zero-order valence-electron chi connectivity index (χ0n) is 8.34. The Hall–Kier alpha value is 0.440. The summed E-state index contributed by atoms with van der Waals surface area (Å²) in [6.45, 7) is 2.25. The van der Waals surface area contributed by atoms with E-state index < -0.39 is 0 Å². The Morgan fingerprint density at radius 3 is 2.31 bits per heavy atom. The second-order valence-corrected chi connectivity index (χ2v) is 5.69. The van der Waals surface area contributed by atoms with Gasteiger partial charge < -0.3 is 4.74 Å². The van der Waals surface area contributed by atoms with E-state index >= 15 is 0 Å². The molecule has 3 atom stereocenters. The fourth-order valence-electron chi connectivity index (χ4n) is 2.33. The van der Waals surface area contributed by atoms with Crippen LogP contribution in [0.15, 0.2) is 0 Å². The molecule has 0 aliphatic heterocycles. The van der Waals surface area contributed by atoms with Crippen LogP contribution in [0.5, 0.6) is 0 Å². The third kappa shape index (κ3) is 2.27. The van der Waals surface area contributed by atoms with Gasteiger partial charge in [-0.15, -0.1) is 0 Å². The van der Waals surface area contributed by atoms with Crippen LogP contribution in [-0.4, -0.2) is 17.0 Å². The van der Waals surface area contributed by atoms with Crippen LogP contribution in [0.3, 0.4) is 0 Å². The first-order valence-corrected chi connectivity index (χ1v) is 6.48. The lowest BCUT2D eigenvalue weighted by Crippen LogP contribution is -2.32. The maximum absolute atomic E-state index is 6.08. The Morgan fingerprint density at radius 2 is 1.85 bits per heavy atom. The molecule has 2 saturated carbocycles. The van der Waals surface area contributed by atoms with Crippen molar-refractivity contribution in [3.63, 3.8) is 0 Å². The Morgan fingerprint density at radius 1 is 1.15 bits per heavy atom. The van der Waals surface area contributed by atoms with Crippen LogP contribution in [0.25, 0.3) is 0 Å². The number of halogens is 1. The first-order valence-electron chi connectivity index (χ1n) is 5.57. The Balaban J connectivity index is 1.75. The normalized spacial score (nSPS) is 37.4. The fourth-order valence-corrected chi connectivity index (χ4v) is 3.04. The average molecular weight is 247 g/mol. The first kappa shape index (κ1) is 9.97. The van der Waals surface area contributed by atoms with Crippen molar-refractivity contribution < 1.29 is 4.74 Å². The molecule has 2 fully saturated rings. The molecule has 0 heterocycles. The van der Waals surface area contributed by atoms with Gasteiger partial charge in [-0.25, -0.2) is 0 Å².